The van der Waals surface area contributed by atoms with Gasteiger partial charge in [-0.2, -0.15) is 0 Å². The molecule has 1 amide bonds. The molecule has 0 saturated carbocycles. The Labute approximate surface area is 217 Å². The molecule has 2 aromatic heterocycles. The molecule has 1 aliphatic heterocycles. The Bertz CT molecular complexity index is 1470. The van der Waals surface area contributed by atoms with Crippen LogP contribution in [0.25, 0.3) is 21.7 Å². The van der Waals surface area contributed by atoms with Crippen molar-refractivity contribution in [3.05, 3.63) is 72.2 Å². The fourth-order valence-electron chi connectivity index (χ4n) is 4.94. The smallest absolute Gasteiger partial charge is 0.254 e. The Balaban J connectivity index is 1.52. The molecule has 0 radical (unpaired) electrons. The summed E-state index contributed by atoms with van der Waals surface area (Å²) in [6.07, 6.45) is -1.53. The fourth-order valence-corrected chi connectivity index (χ4v) is 4.94. The molecular weight excluding hydrogens is 494 g/mol. The van der Waals surface area contributed by atoms with Crippen molar-refractivity contribution >= 4 is 27.6 Å². The van der Waals surface area contributed by atoms with E-state index in [9.17, 15) is 30.3 Å². The van der Waals surface area contributed by atoms with Gasteiger partial charge in [0, 0.05) is 42.0 Å². The monoisotopic (exact) mass is 523 g/mol. The van der Waals surface area contributed by atoms with Crippen LogP contribution in [-0.4, -0.2) is 91.5 Å². The van der Waals surface area contributed by atoms with Crippen molar-refractivity contribution in [2.45, 2.75) is 36.7 Å². The van der Waals surface area contributed by atoms with Crippen molar-refractivity contribution in [2.24, 2.45) is 0 Å². The minimum absolute atomic E-state index is 0.207. The molecule has 0 bridgehead atoms. The summed E-state index contributed by atoms with van der Waals surface area (Å²) in [4.78, 5) is 17.7. The predicted molar refractivity (Wildman–Crippen MR) is 137 cm³/mol. The van der Waals surface area contributed by atoms with Gasteiger partial charge < -0.3 is 44.9 Å². The maximum absolute atomic E-state index is 13.6. The quantitative estimate of drug-likeness (QED) is 0.197. The van der Waals surface area contributed by atoms with Gasteiger partial charge in [-0.3, -0.25) is 9.78 Å². The van der Waals surface area contributed by atoms with E-state index in [4.69, 9.17) is 9.47 Å². The lowest BCUT2D eigenvalue weighted by atomic mass is 9.83. The van der Waals surface area contributed by atoms with Crippen LogP contribution < -0.4 is 10.1 Å². The number of aromatic nitrogens is 2. The standard InChI is InChI=1S/C27H29N3O8/c1-37-18-4-5-19-20(25(35)29-27(14-32)24(34)23(33)22(13-31)38-26(27)36)12-30(21(19)9-18)11-15-2-3-17-10-28-7-6-16(17)8-15/h2-10,12,22-24,26,31-34,36H,11,13-14H2,1H3,(H,29,35)/t22-,23-,24+,26?,27-/m1/s1. The molecule has 1 unspecified atom stereocenters. The molecule has 5 rings (SSSR count). The number of rotatable bonds is 7. The molecule has 6 N–H and O–H groups in total. The van der Waals surface area contributed by atoms with Crippen LogP contribution in [0.5, 0.6) is 5.75 Å². The maximum atomic E-state index is 13.6. The van der Waals surface area contributed by atoms with Crippen LogP contribution in [0.2, 0.25) is 0 Å². The first-order chi connectivity index (χ1) is 18.3. The Morgan fingerprint density at radius 1 is 1.13 bits per heavy atom. The van der Waals surface area contributed by atoms with E-state index in [-0.39, 0.29) is 5.56 Å². The lowest BCUT2D eigenvalue weighted by Gasteiger charge is -2.48. The highest BCUT2D eigenvalue weighted by Gasteiger charge is 2.56. The van der Waals surface area contributed by atoms with Gasteiger partial charge >= 0.3 is 0 Å². The van der Waals surface area contributed by atoms with E-state index in [2.05, 4.69) is 10.3 Å². The number of amides is 1. The van der Waals surface area contributed by atoms with E-state index in [1.807, 2.05) is 28.8 Å². The zero-order valence-electron chi connectivity index (χ0n) is 20.6. The van der Waals surface area contributed by atoms with E-state index in [1.54, 1.807) is 43.9 Å². The molecule has 5 atom stereocenters. The van der Waals surface area contributed by atoms with Crippen molar-refractivity contribution < 1.29 is 39.8 Å². The maximum Gasteiger partial charge on any atom is 0.254 e. The van der Waals surface area contributed by atoms with Crippen LogP contribution >= 0.6 is 0 Å². The number of aliphatic hydroxyl groups excluding tert-OH is 5. The molecular formula is C27H29N3O8. The van der Waals surface area contributed by atoms with Crippen molar-refractivity contribution in [2.75, 3.05) is 20.3 Å². The Morgan fingerprint density at radius 3 is 2.68 bits per heavy atom. The third kappa shape index (κ3) is 4.39. The van der Waals surface area contributed by atoms with E-state index in [0.717, 1.165) is 16.3 Å². The van der Waals surface area contributed by atoms with Crippen LogP contribution in [0.15, 0.2) is 61.1 Å². The van der Waals surface area contributed by atoms with Gasteiger partial charge in [0.1, 0.15) is 29.6 Å². The molecule has 1 fully saturated rings. The number of benzene rings is 2. The van der Waals surface area contributed by atoms with Crippen molar-refractivity contribution in [1.29, 1.82) is 0 Å². The molecule has 2 aromatic carbocycles. The molecule has 0 aliphatic carbocycles. The molecule has 1 aliphatic rings. The summed E-state index contributed by atoms with van der Waals surface area (Å²) in [5.41, 5.74) is -0.246. The van der Waals surface area contributed by atoms with Gasteiger partial charge in [-0.15, -0.1) is 0 Å². The second-order valence-electron chi connectivity index (χ2n) is 9.41. The highest BCUT2D eigenvalue weighted by atomic mass is 16.6. The molecule has 4 aromatic rings. The number of carbonyl (C=O) groups is 1. The summed E-state index contributed by atoms with van der Waals surface area (Å²) < 4.78 is 12.5. The van der Waals surface area contributed by atoms with Gasteiger partial charge in [0.05, 0.1) is 31.4 Å². The van der Waals surface area contributed by atoms with Crippen molar-refractivity contribution in [1.82, 2.24) is 14.9 Å². The van der Waals surface area contributed by atoms with Crippen molar-refractivity contribution in [3.8, 4) is 5.75 Å². The number of carbonyl (C=O) groups excluding carboxylic acids is 1. The summed E-state index contributed by atoms with van der Waals surface area (Å²) in [5, 5.41) is 56.2. The molecule has 3 heterocycles. The first kappa shape index (κ1) is 26.0. The largest absolute Gasteiger partial charge is 0.497 e. The van der Waals surface area contributed by atoms with E-state index < -0.39 is 49.3 Å². The molecule has 38 heavy (non-hydrogen) atoms. The van der Waals surface area contributed by atoms with Crippen LogP contribution in [0.1, 0.15) is 15.9 Å². The zero-order chi connectivity index (χ0) is 27.0. The molecule has 11 heteroatoms. The average molecular weight is 524 g/mol. The first-order valence-electron chi connectivity index (χ1n) is 12.0. The van der Waals surface area contributed by atoms with Gasteiger partial charge in [-0.05, 0) is 35.2 Å². The van der Waals surface area contributed by atoms with Gasteiger partial charge in [0.15, 0.2) is 6.29 Å². The minimum Gasteiger partial charge on any atom is -0.497 e. The van der Waals surface area contributed by atoms with Gasteiger partial charge in [-0.1, -0.05) is 12.1 Å². The highest BCUT2D eigenvalue weighted by Crippen LogP contribution is 2.31. The van der Waals surface area contributed by atoms with Crippen LogP contribution in [0.4, 0.5) is 0 Å². The summed E-state index contributed by atoms with van der Waals surface area (Å²) in [6, 6.07) is 13.1. The number of hydrogen-bond acceptors (Lipinski definition) is 9. The summed E-state index contributed by atoms with van der Waals surface area (Å²) >= 11 is 0. The highest BCUT2D eigenvalue weighted by molar-refractivity contribution is 6.07. The second kappa shape index (κ2) is 10.3. The van der Waals surface area contributed by atoms with Crippen LogP contribution in [0, 0.1) is 0 Å². The normalized spacial score (nSPS) is 25.5. The average Bonchev–Trinajstić information content (AvgIpc) is 3.30. The molecule has 1 saturated heterocycles. The Morgan fingerprint density at radius 2 is 1.95 bits per heavy atom. The number of methoxy groups -OCH3 is 1. The van der Waals surface area contributed by atoms with E-state index in [0.29, 0.717) is 23.2 Å². The van der Waals surface area contributed by atoms with Crippen LogP contribution in [-0.2, 0) is 11.3 Å². The van der Waals surface area contributed by atoms with Gasteiger partial charge in [0.2, 0.25) is 0 Å². The lowest BCUT2D eigenvalue weighted by molar-refractivity contribution is -0.288. The number of nitrogens with zero attached hydrogens (tertiary/aromatic N) is 2. The molecule has 0 spiro atoms. The first-order valence-corrected chi connectivity index (χ1v) is 12.0. The Kier molecular flexibility index (Phi) is 7.05. The van der Waals surface area contributed by atoms with Crippen molar-refractivity contribution in [3.63, 3.8) is 0 Å². The Hall–Kier alpha value is -3.58. The molecule has 200 valence electrons. The number of ether oxygens (including phenoxy) is 2. The van der Waals surface area contributed by atoms with E-state index >= 15 is 0 Å². The fraction of sp³-hybridized carbons (Fsp3) is 0.333. The second-order valence-corrected chi connectivity index (χ2v) is 9.41. The zero-order valence-corrected chi connectivity index (χ0v) is 20.6. The topological polar surface area (TPSA) is 167 Å². The van der Waals surface area contributed by atoms with Gasteiger partial charge in [0.25, 0.3) is 5.91 Å². The number of hydrogen-bond donors (Lipinski definition) is 6. The number of pyridine rings is 1. The number of nitrogens with one attached hydrogen (secondary N) is 1. The SMILES string of the molecule is COc1ccc2c(C(=O)N[C@@]3(CO)C(O)O[C@H](CO)[C@@H](O)[C@@H]3O)cn(Cc3ccc4cnccc4c3)c2c1. The van der Waals surface area contributed by atoms with Gasteiger partial charge in [-0.25, -0.2) is 0 Å². The summed E-state index contributed by atoms with van der Waals surface area (Å²) in [6.45, 7) is -1.19. The third-order valence-corrected chi connectivity index (χ3v) is 7.16. The minimum atomic E-state index is -2.13. The summed E-state index contributed by atoms with van der Waals surface area (Å²) in [5.74, 6) is -0.126. The number of fused-ring (bicyclic) bond motifs is 2. The molecule has 11 nitrogen and oxygen atoms in total. The predicted octanol–water partition coefficient (Wildman–Crippen LogP) is 0.139. The lowest BCUT2D eigenvalue weighted by Crippen LogP contribution is -2.74. The summed E-state index contributed by atoms with van der Waals surface area (Å²) in [7, 11) is 1.54. The van der Waals surface area contributed by atoms with E-state index in [1.165, 1.54) is 0 Å². The number of aliphatic hydroxyl groups is 5. The third-order valence-electron chi connectivity index (χ3n) is 7.16. The van der Waals surface area contributed by atoms with Crippen LogP contribution in [0.3, 0.4) is 0 Å².